The fraction of sp³-hybridized carbons (Fsp3) is 0.581. The highest BCUT2D eigenvalue weighted by molar-refractivity contribution is 6.10. The van der Waals surface area contributed by atoms with Crippen LogP contribution in [0.2, 0.25) is 0 Å². The van der Waals surface area contributed by atoms with Crippen molar-refractivity contribution in [1.29, 1.82) is 5.41 Å². The summed E-state index contributed by atoms with van der Waals surface area (Å²) < 4.78 is 55.3. The van der Waals surface area contributed by atoms with Crippen LogP contribution in [0, 0.1) is 10.8 Å². The predicted octanol–water partition coefficient (Wildman–Crippen LogP) is 5.61. The van der Waals surface area contributed by atoms with Crippen molar-refractivity contribution in [2.75, 3.05) is 44.4 Å². The maximum Gasteiger partial charge on any atom is 0.417 e. The van der Waals surface area contributed by atoms with Crippen molar-refractivity contribution < 1.29 is 27.4 Å². The summed E-state index contributed by atoms with van der Waals surface area (Å²) >= 11 is 0. The maximum atomic E-state index is 14.2. The lowest BCUT2D eigenvalue weighted by atomic mass is 9.94. The molecule has 43 heavy (non-hydrogen) atoms. The van der Waals surface area contributed by atoms with E-state index >= 15 is 0 Å². The van der Waals surface area contributed by atoms with Gasteiger partial charge in [-0.3, -0.25) is 14.9 Å². The Bertz CT molecular complexity index is 1320. The van der Waals surface area contributed by atoms with Crippen molar-refractivity contribution in [3.05, 3.63) is 41.4 Å². The maximum absolute atomic E-state index is 14.2. The molecular formula is C31H43F3N6O3. The van der Waals surface area contributed by atoms with E-state index in [0.29, 0.717) is 42.7 Å². The van der Waals surface area contributed by atoms with Crippen LogP contribution in [0.1, 0.15) is 58.9 Å². The first-order chi connectivity index (χ1) is 20.3. The summed E-state index contributed by atoms with van der Waals surface area (Å²) in [4.78, 5) is 14.7. The molecule has 9 nitrogen and oxygen atoms in total. The Morgan fingerprint density at radius 3 is 2.44 bits per heavy atom. The first kappa shape index (κ1) is 32.4. The van der Waals surface area contributed by atoms with E-state index in [1.807, 2.05) is 0 Å². The van der Waals surface area contributed by atoms with Gasteiger partial charge in [0.15, 0.2) is 0 Å². The Kier molecular flexibility index (Phi) is 10.1. The van der Waals surface area contributed by atoms with Gasteiger partial charge in [0, 0.05) is 67.9 Å². The predicted molar refractivity (Wildman–Crippen MR) is 160 cm³/mol. The van der Waals surface area contributed by atoms with Gasteiger partial charge < -0.3 is 24.6 Å². The van der Waals surface area contributed by atoms with Crippen molar-refractivity contribution >= 4 is 17.9 Å². The second kappa shape index (κ2) is 13.4. The van der Waals surface area contributed by atoms with Gasteiger partial charge in [-0.15, -0.1) is 0 Å². The summed E-state index contributed by atoms with van der Waals surface area (Å²) in [7, 11) is 1.64. The second-order valence-electron chi connectivity index (χ2n) is 12.3. The lowest BCUT2D eigenvalue weighted by Crippen LogP contribution is -2.46. The number of alkyl halides is 3. The van der Waals surface area contributed by atoms with Crippen LogP contribution in [-0.4, -0.2) is 72.4 Å². The number of aryl methyl sites for hydroxylation is 1. The average molecular weight is 605 g/mol. The van der Waals surface area contributed by atoms with Crippen molar-refractivity contribution in [2.45, 2.75) is 65.6 Å². The van der Waals surface area contributed by atoms with Gasteiger partial charge in [0.1, 0.15) is 18.2 Å². The molecule has 0 bridgehead atoms. The Hall–Kier alpha value is -3.54. The number of carbonyl (C=O) groups is 1. The first-order valence-electron chi connectivity index (χ1n) is 14.8. The average Bonchev–Trinajstić information content (AvgIpc) is 3.42. The first-order valence-corrected chi connectivity index (χ1v) is 14.8. The van der Waals surface area contributed by atoms with Crippen LogP contribution >= 0.6 is 0 Å². The summed E-state index contributed by atoms with van der Waals surface area (Å²) in [5.74, 6) is 0.332. The molecular weight excluding hydrogens is 561 g/mol. The smallest absolute Gasteiger partial charge is 0.417 e. The van der Waals surface area contributed by atoms with E-state index in [4.69, 9.17) is 14.9 Å². The minimum absolute atomic E-state index is 0.0291. The third-order valence-corrected chi connectivity index (χ3v) is 8.02. The molecule has 0 unspecified atom stereocenters. The SMILES string of the molecule is CCC(C)(C)C.Cn1cc(-c2cc3c(cc2C(F)(F)F)N(C(=N)C2=C(NC4CCOCC4)CCN(C=O)C2)CCO3)cn1. The van der Waals surface area contributed by atoms with Crippen molar-refractivity contribution in [1.82, 2.24) is 20.0 Å². The third-order valence-electron chi connectivity index (χ3n) is 8.02. The number of rotatable bonds is 5. The number of anilines is 1. The highest BCUT2D eigenvalue weighted by Gasteiger charge is 2.38. The summed E-state index contributed by atoms with van der Waals surface area (Å²) in [6.45, 7) is 11.4. The fourth-order valence-corrected chi connectivity index (χ4v) is 5.03. The number of aromatic nitrogens is 2. The number of ether oxygens (including phenoxy) is 2. The second-order valence-corrected chi connectivity index (χ2v) is 12.3. The van der Waals surface area contributed by atoms with Crippen molar-refractivity contribution in [3.8, 4) is 16.9 Å². The standard InChI is InChI=1S/C25H29F3N6O3.C6H14/c1-32-13-16(12-30-32)18-10-23-22(11-20(18)25(26,27)28)34(6-9-37-23)24(29)19-14-33(15-35)5-2-21(19)31-17-3-7-36-8-4-17;1-5-6(2,3)4/h10-13,15,17,29,31H,2-9,14H2,1H3;5H2,1-4H3. The molecule has 4 heterocycles. The molecule has 12 heteroatoms. The monoisotopic (exact) mass is 604 g/mol. The van der Waals surface area contributed by atoms with Gasteiger partial charge in [-0.2, -0.15) is 18.3 Å². The Balaban J connectivity index is 0.000000641. The number of carbonyl (C=O) groups excluding carboxylic acids is 1. The molecule has 0 atom stereocenters. The molecule has 3 aliphatic rings. The van der Waals surface area contributed by atoms with Crippen LogP contribution in [0.25, 0.3) is 11.1 Å². The highest BCUT2D eigenvalue weighted by atomic mass is 19.4. The zero-order valence-corrected chi connectivity index (χ0v) is 25.7. The number of halogens is 3. The zero-order chi connectivity index (χ0) is 31.4. The van der Waals surface area contributed by atoms with Crippen LogP contribution in [0.5, 0.6) is 5.75 Å². The summed E-state index contributed by atoms with van der Waals surface area (Å²) in [6.07, 6.45) is 2.49. The number of benzene rings is 1. The molecule has 236 valence electrons. The topological polar surface area (TPSA) is 95.7 Å². The number of fused-ring (bicyclic) bond motifs is 1. The molecule has 0 radical (unpaired) electrons. The van der Waals surface area contributed by atoms with Crippen LogP contribution in [0.4, 0.5) is 18.9 Å². The summed E-state index contributed by atoms with van der Waals surface area (Å²) in [5, 5.41) is 16.6. The van der Waals surface area contributed by atoms with Gasteiger partial charge in [-0.05, 0) is 30.4 Å². The molecule has 2 N–H and O–H groups in total. The van der Waals surface area contributed by atoms with Gasteiger partial charge in [-0.25, -0.2) is 0 Å². The summed E-state index contributed by atoms with van der Waals surface area (Å²) in [5.41, 5.74) is 1.65. The molecule has 0 spiro atoms. The Morgan fingerprint density at radius 2 is 1.86 bits per heavy atom. The van der Waals surface area contributed by atoms with Crippen LogP contribution < -0.4 is 15.0 Å². The Labute approximate surface area is 251 Å². The molecule has 1 aromatic carbocycles. The minimum atomic E-state index is -4.63. The molecule has 2 aromatic rings. The molecule has 5 rings (SSSR count). The van der Waals surface area contributed by atoms with Crippen LogP contribution in [-0.2, 0) is 22.8 Å². The summed E-state index contributed by atoms with van der Waals surface area (Å²) in [6, 6.07) is 2.62. The molecule has 1 aromatic heterocycles. The van der Waals surface area contributed by atoms with Crippen molar-refractivity contribution in [3.63, 3.8) is 0 Å². The van der Waals surface area contributed by atoms with Gasteiger partial charge in [0.05, 0.1) is 30.5 Å². The van der Waals surface area contributed by atoms with Crippen molar-refractivity contribution in [2.24, 2.45) is 12.5 Å². The van der Waals surface area contributed by atoms with Crippen LogP contribution in [0.15, 0.2) is 35.8 Å². The normalized spacial score (nSPS) is 18.0. The van der Waals surface area contributed by atoms with Gasteiger partial charge in [0.25, 0.3) is 0 Å². The molecule has 1 fully saturated rings. The zero-order valence-electron chi connectivity index (χ0n) is 25.7. The molecule has 0 saturated carbocycles. The lowest BCUT2D eigenvalue weighted by Gasteiger charge is -2.37. The minimum Gasteiger partial charge on any atom is -0.490 e. The van der Waals surface area contributed by atoms with E-state index in [9.17, 15) is 18.0 Å². The number of nitrogens with zero attached hydrogens (tertiary/aromatic N) is 4. The molecule has 1 saturated heterocycles. The van der Waals surface area contributed by atoms with E-state index < -0.39 is 11.7 Å². The molecule has 0 aliphatic carbocycles. The van der Waals surface area contributed by atoms with Crippen LogP contribution in [0.3, 0.4) is 0 Å². The van der Waals surface area contributed by atoms with E-state index in [1.165, 1.54) is 29.6 Å². The lowest BCUT2D eigenvalue weighted by molar-refractivity contribution is -0.137. The fourth-order valence-electron chi connectivity index (χ4n) is 5.03. The number of hydrogen-bond donors (Lipinski definition) is 2. The van der Waals surface area contributed by atoms with E-state index in [0.717, 1.165) is 31.0 Å². The largest absolute Gasteiger partial charge is 0.490 e. The quantitative estimate of drug-likeness (QED) is 0.262. The van der Waals surface area contributed by atoms with Gasteiger partial charge in [-0.1, -0.05) is 34.1 Å². The number of amidine groups is 1. The van der Waals surface area contributed by atoms with E-state index in [-0.39, 0.29) is 48.6 Å². The van der Waals surface area contributed by atoms with Gasteiger partial charge in [0.2, 0.25) is 6.41 Å². The number of amides is 1. The van der Waals surface area contributed by atoms with E-state index in [2.05, 4.69) is 38.1 Å². The molecule has 3 aliphatic heterocycles. The number of hydrogen-bond acceptors (Lipinski definition) is 6. The van der Waals surface area contributed by atoms with E-state index in [1.54, 1.807) is 16.8 Å². The Morgan fingerprint density at radius 1 is 1.16 bits per heavy atom. The highest BCUT2D eigenvalue weighted by Crippen LogP contribution is 2.45. The third kappa shape index (κ3) is 8.10. The van der Waals surface area contributed by atoms with Gasteiger partial charge >= 0.3 is 6.18 Å². The number of nitrogens with one attached hydrogen (secondary N) is 2. The molecule has 1 amide bonds.